The van der Waals surface area contributed by atoms with Gasteiger partial charge in [0.1, 0.15) is 17.2 Å². The van der Waals surface area contributed by atoms with Crippen LogP contribution >= 0.6 is 0 Å². The number of nitrogens with zero attached hydrogens (tertiary/aromatic N) is 2. The van der Waals surface area contributed by atoms with E-state index < -0.39 is 0 Å². The Morgan fingerprint density at radius 2 is 1.74 bits per heavy atom. The third-order valence-electron chi connectivity index (χ3n) is 4.21. The second kappa shape index (κ2) is 8.03. The minimum absolute atomic E-state index is 0.0509. The normalized spacial score (nSPS) is 10.8. The van der Waals surface area contributed by atoms with E-state index in [1.807, 2.05) is 60.8 Å². The average Bonchev–Trinajstić information content (AvgIpc) is 2.99. The summed E-state index contributed by atoms with van der Waals surface area (Å²) in [7, 11) is 0. The number of ether oxygens (including phenoxy) is 1. The van der Waals surface area contributed by atoms with Crippen LogP contribution in [0.3, 0.4) is 0 Å². The van der Waals surface area contributed by atoms with Gasteiger partial charge in [0.05, 0.1) is 13.0 Å². The molecular formula is C21H23N3O3. The molecule has 0 spiro atoms. The standard InChI is InChI=1S/C21H23N3O3/c1-4-27-19(26)12-11-18(25)23-21-20(16-8-5-14(2)6-9-16)22-17-10-7-15(3)13-24(17)21/h5-10,13H,4,11-12H2,1-3H3,(H,23,25). The van der Waals surface area contributed by atoms with Gasteiger partial charge in [-0.2, -0.15) is 0 Å². The molecule has 3 aromatic rings. The number of carbonyl (C=O) groups excluding carboxylic acids is 2. The van der Waals surface area contributed by atoms with Crippen molar-refractivity contribution in [3.63, 3.8) is 0 Å². The zero-order chi connectivity index (χ0) is 19.4. The van der Waals surface area contributed by atoms with Gasteiger partial charge >= 0.3 is 5.97 Å². The molecule has 0 fully saturated rings. The topological polar surface area (TPSA) is 72.7 Å². The Labute approximate surface area is 158 Å². The Balaban J connectivity index is 1.93. The van der Waals surface area contributed by atoms with Crippen LogP contribution in [0.1, 0.15) is 30.9 Å². The Kier molecular flexibility index (Phi) is 5.54. The fraction of sp³-hybridized carbons (Fsp3) is 0.286. The molecule has 0 aliphatic heterocycles. The highest BCUT2D eigenvalue weighted by atomic mass is 16.5. The highest BCUT2D eigenvalue weighted by Gasteiger charge is 2.17. The molecule has 1 N–H and O–H groups in total. The Bertz CT molecular complexity index is 974. The van der Waals surface area contributed by atoms with E-state index in [9.17, 15) is 9.59 Å². The summed E-state index contributed by atoms with van der Waals surface area (Å²) < 4.78 is 6.75. The quantitative estimate of drug-likeness (QED) is 0.673. The number of esters is 1. The number of hydrogen-bond donors (Lipinski definition) is 1. The van der Waals surface area contributed by atoms with E-state index in [1.54, 1.807) is 6.92 Å². The van der Waals surface area contributed by atoms with Crippen LogP contribution in [-0.4, -0.2) is 27.9 Å². The predicted molar refractivity (Wildman–Crippen MR) is 105 cm³/mol. The van der Waals surface area contributed by atoms with Gasteiger partial charge in [-0.15, -0.1) is 0 Å². The molecule has 0 aliphatic rings. The molecule has 0 radical (unpaired) electrons. The maximum Gasteiger partial charge on any atom is 0.306 e. The first kappa shape index (κ1) is 18.6. The highest BCUT2D eigenvalue weighted by Crippen LogP contribution is 2.29. The number of benzene rings is 1. The molecule has 0 unspecified atom stereocenters. The van der Waals surface area contributed by atoms with E-state index in [2.05, 4.69) is 10.3 Å². The minimum Gasteiger partial charge on any atom is -0.466 e. The van der Waals surface area contributed by atoms with Crippen molar-refractivity contribution in [2.75, 3.05) is 11.9 Å². The minimum atomic E-state index is -0.375. The van der Waals surface area contributed by atoms with Gasteiger partial charge in [0.2, 0.25) is 5.91 Å². The van der Waals surface area contributed by atoms with Crippen molar-refractivity contribution in [2.24, 2.45) is 0 Å². The predicted octanol–water partition coefficient (Wildman–Crippen LogP) is 3.90. The van der Waals surface area contributed by atoms with Gasteiger partial charge in [0.25, 0.3) is 0 Å². The lowest BCUT2D eigenvalue weighted by atomic mass is 10.1. The number of fused-ring (bicyclic) bond motifs is 1. The largest absolute Gasteiger partial charge is 0.466 e. The van der Waals surface area contributed by atoms with Crippen LogP contribution in [0.15, 0.2) is 42.6 Å². The molecule has 6 nitrogen and oxygen atoms in total. The second-order valence-electron chi connectivity index (χ2n) is 6.46. The van der Waals surface area contributed by atoms with Crippen molar-refractivity contribution in [2.45, 2.75) is 33.6 Å². The van der Waals surface area contributed by atoms with Gasteiger partial charge in [-0.1, -0.05) is 35.9 Å². The van der Waals surface area contributed by atoms with Crippen LogP contribution in [0.2, 0.25) is 0 Å². The van der Waals surface area contributed by atoms with Gasteiger partial charge < -0.3 is 10.1 Å². The second-order valence-corrected chi connectivity index (χ2v) is 6.46. The van der Waals surface area contributed by atoms with Crippen molar-refractivity contribution < 1.29 is 14.3 Å². The van der Waals surface area contributed by atoms with Gasteiger partial charge in [-0.05, 0) is 32.4 Å². The number of aromatic nitrogens is 2. The molecule has 140 valence electrons. The highest BCUT2D eigenvalue weighted by molar-refractivity contribution is 5.95. The van der Waals surface area contributed by atoms with Gasteiger partial charge in [0, 0.05) is 18.2 Å². The van der Waals surface area contributed by atoms with Crippen LogP contribution < -0.4 is 5.32 Å². The Hall–Kier alpha value is -3.15. The van der Waals surface area contributed by atoms with Gasteiger partial charge in [0.15, 0.2) is 0 Å². The first-order valence-corrected chi connectivity index (χ1v) is 8.99. The molecule has 0 saturated heterocycles. The van der Waals surface area contributed by atoms with Gasteiger partial charge in [-0.25, -0.2) is 4.98 Å². The monoisotopic (exact) mass is 365 g/mol. The lowest BCUT2D eigenvalue weighted by molar-refractivity contribution is -0.144. The molecule has 0 aliphatic carbocycles. The van der Waals surface area contributed by atoms with E-state index in [-0.39, 0.29) is 24.7 Å². The molecule has 0 saturated carbocycles. The molecule has 1 aromatic carbocycles. The van der Waals surface area contributed by atoms with Crippen LogP contribution in [0.25, 0.3) is 16.9 Å². The summed E-state index contributed by atoms with van der Waals surface area (Å²) in [4.78, 5) is 28.6. The molecule has 2 heterocycles. The Morgan fingerprint density at radius 3 is 2.44 bits per heavy atom. The zero-order valence-corrected chi connectivity index (χ0v) is 15.8. The number of aryl methyl sites for hydroxylation is 2. The van der Waals surface area contributed by atoms with Crippen LogP contribution in [0.4, 0.5) is 5.82 Å². The van der Waals surface area contributed by atoms with Crippen molar-refractivity contribution >= 4 is 23.3 Å². The van der Waals surface area contributed by atoms with Crippen molar-refractivity contribution in [1.29, 1.82) is 0 Å². The fourth-order valence-corrected chi connectivity index (χ4v) is 2.83. The molecule has 2 aromatic heterocycles. The summed E-state index contributed by atoms with van der Waals surface area (Å²) in [6, 6.07) is 11.9. The molecular weight excluding hydrogens is 342 g/mol. The number of pyridine rings is 1. The van der Waals surface area contributed by atoms with Crippen molar-refractivity contribution in [3.05, 3.63) is 53.7 Å². The number of rotatable bonds is 6. The lowest BCUT2D eigenvalue weighted by Crippen LogP contribution is -2.16. The van der Waals surface area contributed by atoms with Crippen LogP contribution in [0.5, 0.6) is 0 Å². The Morgan fingerprint density at radius 1 is 1.04 bits per heavy atom. The van der Waals surface area contributed by atoms with E-state index in [4.69, 9.17) is 4.74 Å². The van der Waals surface area contributed by atoms with Gasteiger partial charge in [-0.3, -0.25) is 14.0 Å². The first-order valence-electron chi connectivity index (χ1n) is 8.99. The number of amides is 1. The molecule has 3 rings (SSSR count). The maximum absolute atomic E-state index is 12.4. The summed E-state index contributed by atoms with van der Waals surface area (Å²) in [6.45, 7) is 6.06. The van der Waals surface area contributed by atoms with Crippen LogP contribution in [0, 0.1) is 13.8 Å². The van der Waals surface area contributed by atoms with Crippen molar-refractivity contribution in [3.8, 4) is 11.3 Å². The number of nitrogens with one attached hydrogen (secondary N) is 1. The molecule has 0 bridgehead atoms. The van der Waals surface area contributed by atoms with Crippen LogP contribution in [-0.2, 0) is 14.3 Å². The SMILES string of the molecule is CCOC(=O)CCC(=O)Nc1c(-c2ccc(C)cc2)nc2ccc(C)cn12. The number of anilines is 1. The third kappa shape index (κ3) is 4.34. The third-order valence-corrected chi connectivity index (χ3v) is 4.21. The molecule has 27 heavy (non-hydrogen) atoms. The smallest absolute Gasteiger partial charge is 0.306 e. The number of hydrogen-bond acceptors (Lipinski definition) is 4. The summed E-state index contributed by atoms with van der Waals surface area (Å²) in [6.07, 6.45) is 2.04. The summed E-state index contributed by atoms with van der Waals surface area (Å²) in [5.41, 5.74) is 4.57. The maximum atomic E-state index is 12.4. The number of carbonyl (C=O) groups is 2. The molecule has 0 atom stereocenters. The van der Waals surface area contributed by atoms with E-state index in [0.29, 0.717) is 18.1 Å². The lowest BCUT2D eigenvalue weighted by Gasteiger charge is -2.08. The summed E-state index contributed by atoms with van der Waals surface area (Å²) >= 11 is 0. The molecule has 6 heteroatoms. The summed E-state index contributed by atoms with van der Waals surface area (Å²) in [5.74, 6) is -0.0217. The van der Waals surface area contributed by atoms with E-state index in [1.165, 1.54) is 0 Å². The molecule has 1 amide bonds. The van der Waals surface area contributed by atoms with Crippen molar-refractivity contribution in [1.82, 2.24) is 9.38 Å². The zero-order valence-electron chi connectivity index (χ0n) is 15.8. The van der Waals surface area contributed by atoms with E-state index in [0.717, 1.165) is 22.3 Å². The van der Waals surface area contributed by atoms with E-state index >= 15 is 0 Å². The average molecular weight is 365 g/mol. The first-order chi connectivity index (χ1) is 13.0. The fourth-order valence-electron chi connectivity index (χ4n) is 2.83. The summed E-state index contributed by atoms with van der Waals surface area (Å²) in [5, 5.41) is 2.93. The number of imidazole rings is 1.